The van der Waals surface area contributed by atoms with Gasteiger partial charge in [0.1, 0.15) is 12.2 Å². The highest BCUT2D eigenvalue weighted by atomic mass is 32.3. The Balaban J connectivity index is 0.000000307. The van der Waals surface area contributed by atoms with Crippen molar-refractivity contribution in [3.05, 3.63) is 0 Å². The van der Waals surface area contributed by atoms with E-state index in [1.165, 1.54) is 0 Å². The largest absolute Gasteiger partial charge is 0.400 e. The lowest BCUT2D eigenvalue weighted by atomic mass is 10.2. The van der Waals surface area contributed by atoms with E-state index in [-0.39, 0.29) is 76.8 Å². The minimum Gasteiger partial charge on any atom is -0.248 e. The lowest BCUT2D eigenvalue weighted by Gasteiger charge is -2.23. The van der Waals surface area contributed by atoms with Crippen LogP contribution in [0.5, 0.6) is 0 Å². The molecule has 0 spiro atoms. The summed E-state index contributed by atoms with van der Waals surface area (Å²) in [5.41, 5.74) is 0. The summed E-state index contributed by atoms with van der Waals surface area (Å²) >= 11 is 0. The Kier molecular flexibility index (Phi) is 20.2. The summed E-state index contributed by atoms with van der Waals surface area (Å²) in [6.07, 6.45) is 1.25. The Morgan fingerprint density at radius 1 is 0.412 bits per heavy atom. The van der Waals surface area contributed by atoms with E-state index in [0.29, 0.717) is 25.7 Å². The molecule has 6 rings (SSSR count). The normalized spacial score (nSPS) is 33.2. The molecule has 6 fully saturated rings. The molecular formula is C21H42O24S6. The average Bonchev–Trinajstić information content (AvgIpc) is 3.64. The Bertz CT molecular complexity index is 1640. The summed E-state index contributed by atoms with van der Waals surface area (Å²) in [6.45, 7) is 9.94. The lowest BCUT2D eigenvalue weighted by Crippen LogP contribution is -2.31. The summed E-state index contributed by atoms with van der Waals surface area (Å²) in [5, 5.41) is 0. The first-order chi connectivity index (χ1) is 23.2. The van der Waals surface area contributed by atoms with Crippen molar-refractivity contribution in [2.45, 2.75) is 90.8 Å². The molecule has 0 aromatic carbocycles. The van der Waals surface area contributed by atoms with Gasteiger partial charge in [0.05, 0.1) is 64.6 Å². The van der Waals surface area contributed by atoms with Crippen LogP contribution in [0.25, 0.3) is 0 Å². The van der Waals surface area contributed by atoms with Crippen LogP contribution in [0.15, 0.2) is 0 Å². The summed E-state index contributed by atoms with van der Waals surface area (Å²) in [6, 6.07) is 0. The van der Waals surface area contributed by atoms with Crippen molar-refractivity contribution >= 4 is 62.4 Å². The van der Waals surface area contributed by atoms with E-state index in [1.54, 1.807) is 27.7 Å². The van der Waals surface area contributed by atoms with Gasteiger partial charge in [-0.2, -0.15) is 50.5 Å². The molecule has 0 aromatic heterocycles. The fourth-order valence-electron chi connectivity index (χ4n) is 3.29. The molecule has 306 valence electrons. The van der Waals surface area contributed by atoms with E-state index in [4.69, 9.17) is 0 Å². The van der Waals surface area contributed by atoms with Crippen molar-refractivity contribution in [3.8, 4) is 0 Å². The predicted octanol–water partition coefficient (Wildman–Crippen LogP) is -0.829. The van der Waals surface area contributed by atoms with Crippen molar-refractivity contribution in [1.29, 1.82) is 0 Å². The summed E-state index contributed by atoms with van der Waals surface area (Å²) in [7, 11) is -21.6. The smallest absolute Gasteiger partial charge is 0.248 e. The first-order valence-electron chi connectivity index (χ1n) is 14.7. The van der Waals surface area contributed by atoms with E-state index in [2.05, 4.69) is 50.2 Å². The number of hydrogen-bond acceptors (Lipinski definition) is 24. The quantitative estimate of drug-likeness (QED) is 0.310. The van der Waals surface area contributed by atoms with Gasteiger partial charge in [-0.25, -0.2) is 50.2 Å². The molecule has 24 nitrogen and oxygen atoms in total. The van der Waals surface area contributed by atoms with Crippen LogP contribution < -0.4 is 0 Å². The average molecular weight is 871 g/mol. The highest BCUT2D eigenvalue weighted by molar-refractivity contribution is 7.83. The third-order valence-corrected chi connectivity index (χ3v) is 11.3. The maximum atomic E-state index is 10.6. The molecule has 5 unspecified atom stereocenters. The molecule has 6 aliphatic rings. The van der Waals surface area contributed by atoms with Gasteiger partial charge in [-0.3, -0.25) is 0 Å². The minimum absolute atomic E-state index is 0.141. The zero-order valence-corrected chi connectivity index (χ0v) is 32.8. The second kappa shape index (κ2) is 21.3. The van der Waals surface area contributed by atoms with Gasteiger partial charge < -0.3 is 0 Å². The molecule has 0 aromatic rings. The van der Waals surface area contributed by atoms with Gasteiger partial charge in [-0.15, -0.1) is 0 Å². The van der Waals surface area contributed by atoms with Crippen molar-refractivity contribution in [3.63, 3.8) is 0 Å². The van der Waals surface area contributed by atoms with Crippen LogP contribution in [0, 0.1) is 0 Å². The predicted molar refractivity (Wildman–Crippen MR) is 166 cm³/mol. The Labute approximate surface area is 299 Å². The Morgan fingerprint density at radius 3 is 1.02 bits per heavy atom. The maximum Gasteiger partial charge on any atom is 0.400 e. The minimum atomic E-state index is -3.68. The Hall–Kier alpha value is -0.780. The fraction of sp³-hybridized carbons (Fsp3) is 1.00. The van der Waals surface area contributed by atoms with E-state index < -0.39 is 62.4 Å². The van der Waals surface area contributed by atoms with Gasteiger partial charge in [0, 0.05) is 6.42 Å². The molecule has 0 aliphatic carbocycles. The summed E-state index contributed by atoms with van der Waals surface area (Å²) in [5.74, 6) is 0. The van der Waals surface area contributed by atoms with Gasteiger partial charge >= 0.3 is 62.4 Å². The third-order valence-electron chi connectivity index (χ3n) is 5.38. The number of rotatable bonds is 1. The number of hydrogen-bond donors (Lipinski definition) is 0. The van der Waals surface area contributed by atoms with Crippen LogP contribution in [0.3, 0.4) is 0 Å². The summed E-state index contributed by atoms with van der Waals surface area (Å²) in [4.78, 5) is 0. The third kappa shape index (κ3) is 23.6. The second-order valence-electron chi connectivity index (χ2n) is 10.3. The Morgan fingerprint density at radius 2 is 0.804 bits per heavy atom. The lowest BCUT2D eigenvalue weighted by molar-refractivity contribution is 0.0585. The first kappa shape index (κ1) is 48.2. The van der Waals surface area contributed by atoms with Crippen molar-refractivity contribution in [2.75, 3.05) is 46.2 Å². The van der Waals surface area contributed by atoms with Gasteiger partial charge in [-0.05, 0) is 47.0 Å². The van der Waals surface area contributed by atoms with Crippen LogP contribution in [0.2, 0.25) is 0 Å². The SMILES string of the molecule is CC1CC(C)OS(=O)(=O)O1.CC1CCOS(=O)(=O)O1.CC1COS(=O)(=O)O1.CCC1COS(=O)(=O)O1.O=S1(=O)OCCCO1.O=S1(=O)OCCO1. The summed E-state index contributed by atoms with van der Waals surface area (Å²) < 4.78 is 175. The molecule has 51 heavy (non-hydrogen) atoms. The van der Waals surface area contributed by atoms with E-state index in [0.717, 1.165) is 0 Å². The molecule has 5 atom stereocenters. The van der Waals surface area contributed by atoms with Gasteiger partial charge in [0.25, 0.3) is 0 Å². The van der Waals surface area contributed by atoms with Crippen LogP contribution in [-0.2, 0) is 113 Å². The molecule has 0 radical (unpaired) electrons. The second-order valence-corrected chi connectivity index (χ2v) is 17.8. The zero-order chi connectivity index (χ0) is 39.2. The van der Waals surface area contributed by atoms with Gasteiger partial charge in [0.15, 0.2) is 0 Å². The molecule has 6 saturated heterocycles. The van der Waals surface area contributed by atoms with Crippen LogP contribution in [-0.4, -0.2) is 127 Å². The first-order valence-corrected chi connectivity index (χ1v) is 22.7. The van der Waals surface area contributed by atoms with Crippen molar-refractivity contribution in [1.82, 2.24) is 0 Å². The molecule has 30 heteroatoms. The molecule has 0 saturated carbocycles. The van der Waals surface area contributed by atoms with Gasteiger partial charge in [-0.1, -0.05) is 6.92 Å². The monoisotopic (exact) mass is 870 g/mol. The topological polar surface area (TPSA) is 316 Å². The highest BCUT2D eigenvalue weighted by Crippen LogP contribution is 2.18. The standard InChI is InChI=1S/C5H10O4S.2C4H8O4S.2C3H6O4S.C2H4O4S/c1-4-3-5(2)9-10(6,7)8-4;1-4-2-3-7-9(5,6)8-4;1-2-4-3-7-9(5,6)8-4;1-3-2-6-8(4,5)7-3;4-8(5)6-2-1-3-7-8;3-7(4)5-1-2-6-7/h4-5H,3H2,1-2H3;2*4H,2-3H2,1H3;3H,2H2,1H3;1-3H2;1-2H2. The molecule has 0 amide bonds. The van der Waals surface area contributed by atoms with E-state index >= 15 is 0 Å². The highest BCUT2D eigenvalue weighted by Gasteiger charge is 2.29. The zero-order valence-electron chi connectivity index (χ0n) is 27.9. The molecule has 0 N–H and O–H groups in total. The van der Waals surface area contributed by atoms with Crippen LogP contribution >= 0.6 is 0 Å². The molecule has 6 aliphatic heterocycles. The van der Waals surface area contributed by atoms with E-state index in [1.807, 2.05) is 6.92 Å². The maximum absolute atomic E-state index is 10.6. The van der Waals surface area contributed by atoms with E-state index in [9.17, 15) is 50.5 Å². The van der Waals surface area contributed by atoms with Gasteiger partial charge in [0.2, 0.25) is 0 Å². The fourth-order valence-corrected chi connectivity index (χ4v) is 8.25. The van der Waals surface area contributed by atoms with Crippen molar-refractivity contribution < 1.29 is 101 Å². The van der Waals surface area contributed by atoms with Crippen LogP contribution in [0.1, 0.15) is 60.3 Å². The van der Waals surface area contributed by atoms with Crippen LogP contribution in [0.4, 0.5) is 0 Å². The molecular weight excluding hydrogens is 829 g/mol. The molecule has 6 heterocycles. The molecule has 0 bridgehead atoms. The van der Waals surface area contributed by atoms with Crippen molar-refractivity contribution in [2.24, 2.45) is 0 Å².